The van der Waals surface area contributed by atoms with E-state index in [0.29, 0.717) is 5.69 Å². The highest BCUT2D eigenvalue weighted by Gasteiger charge is 2.36. The summed E-state index contributed by atoms with van der Waals surface area (Å²) in [5.41, 5.74) is 1.07. The first-order chi connectivity index (χ1) is 13.5. The number of amides is 2. The minimum atomic E-state index is -0.609. The highest BCUT2D eigenvalue weighted by molar-refractivity contribution is 7.98. The van der Waals surface area contributed by atoms with Crippen molar-refractivity contribution in [2.75, 3.05) is 29.6 Å². The third-order valence-electron chi connectivity index (χ3n) is 4.22. The SMILES string of the molecule is CSc1ccc(N2CC(C(=O)OCC(=O)Nc3cccnc3Cl)CC2=O)cc1. The van der Waals surface area contributed by atoms with E-state index >= 15 is 0 Å². The number of anilines is 2. The molecule has 0 aliphatic carbocycles. The van der Waals surface area contributed by atoms with Gasteiger partial charge in [0.25, 0.3) is 5.91 Å². The number of aromatic nitrogens is 1. The zero-order valence-corrected chi connectivity index (χ0v) is 16.6. The monoisotopic (exact) mass is 419 g/mol. The fourth-order valence-corrected chi connectivity index (χ4v) is 3.37. The van der Waals surface area contributed by atoms with Crippen LogP contribution in [0, 0.1) is 5.92 Å². The highest BCUT2D eigenvalue weighted by atomic mass is 35.5. The first-order valence-electron chi connectivity index (χ1n) is 8.49. The predicted molar refractivity (Wildman–Crippen MR) is 108 cm³/mol. The highest BCUT2D eigenvalue weighted by Crippen LogP contribution is 2.27. The van der Waals surface area contributed by atoms with Crippen LogP contribution in [-0.4, -0.2) is 42.2 Å². The lowest BCUT2D eigenvalue weighted by Gasteiger charge is -2.16. The molecule has 0 saturated carbocycles. The van der Waals surface area contributed by atoms with Crippen molar-refractivity contribution in [2.45, 2.75) is 11.3 Å². The van der Waals surface area contributed by atoms with Crippen LogP contribution in [-0.2, 0) is 19.1 Å². The van der Waals surface area contributed by atoms with E-state index < -0.39 is 24.4 Å². The van der Waals surface area contributed by atoms with Crippen LogP contribution in [0.4, 0.5) is 11.4 Å². The molecule has 2 heterocycles. The Morgan fingerprint density at radius 1 is 1.32 bits per heavy atom. The van der Waals surface area contributed by atoms with E-state index in [-0.39, 0.29) is 24.0 Å². The predicted octanol–water partition coefficient (Wildman–Crippen LogP) is 2.99. The van der Waals surface area contributed by atoms with Gasteiger partial charge in [-0.25, -0.2) is 4.98 Å². The topological polar surface area (TPSA) is 88.6 Å². The average molecular weight is 420 g/mol. The lowest BCUT2D eigenvalue weighted by Crippen LogP contribution is -2.28. The van der Waals surface area contributed by atoms with E-state index in [1.165, 1.54) is 6.20 Å². The van der Waals surface area contributed by atoms with Crippen LogP contribution in [0.3, 0.4) is 0 Å². The first-order valence-corrected chi connectivity index (χ1v) is 10.1. The summed E-state index contributed by atoms with van der Waals surface area (Å²) in [5.74, 6) is -1.87. The maximum atomic E-state index is 12.3. The van der Waals surface area contributed by atoms with Crippen molar-refractivity contribution in [3.63, 3.8) is 0 Å². The zero-order chi connectivity index (χ0) is 20.1. The lowest BCUT2D eigenvalue weighted by atomic mass is 10.1. The van der Waals surface area contributed by atoms with Gasteiger partial charge in [0, 0.05) is 29.7 Å². The molecule has 9 heteroatoms. The summed E-state index contributed by atoms with van der Waals surface area (Å²) in [4.78, 5) is 43.0. The van der Waals surface area contributed by atoms with Gasteiger partial charge in [0.2, 0.25) is 5.91 Å². The molecule has 146 valence electrons. The van der Waals surface area contributed by atoms with Crippen LogP contribution in [0.15, 0.2) is 47.5 Å². The van der Waals surface area contributed by atoms with E-state index in [4.69, 9.17) is 16.3 Å². The summed E-state index contributed by atoms with van der Waals surface area (Å²) in [6, 6.07) is 10.8. The number of halogens is 1. The molecule has 1 aromatic heterocycles. The van der Waals surface area contributed by atoms with Crippen molar-refractivity contribution < 1.29 is 19.1 Å². The number of rotatable bonds is 6. The first kappa shape index (κ1) is 20.2. The third kappa shape index (κ3) is 4.82. The van der Waals surface area contributed by atoms with Gasteiger partial charge in [0.1, 0.15) is 0 Å². The molecule has 0 spiro atoms. The fraction of sp³-hybridized carbons (Fsp3) is 0.263. The number of hydrogen-bond donors (Lipinski definition) is 1. The van der Waals surface area contributed by atoms with Crippen LogP contribution >= 0.6 is 23.4 Å². The van der Waals surface area contributed by atoms with E-state index in [0.717, 1.165) is 10.6 Å². The maximum absolute atomic E-state index is 12.3. The van der Waals surface area contributed by atoms with Gasteiger partial charge in [-0.3, -0.25) is 14.4 Å². The molecule has 1 N–H and O–H groups in total. The molecule has 0 bridgehead atoms. The number of esters is 1. The standard InChI is InChI=1S/C19H18ClN3O4S/c1-28-14-6-4-13(5-7-14)23-10-12(9-17(23)25)19(26)27-11-16(24)22-15-3-2-8-21-18(15)20/h2-8,12H,9-11H2,1H3,(H,22,24). The van der Waals surface area contributed by atoms with Crippen LogP contribution < -0.4 is 10.2 Å². The van der Waals surface area contributed by atoms with Crippen molar-refractivity contribution in [3.8, 4) is 0 Å². The number of thioether (sulfide) groups is 1. The number of hydrogen-bond acceptors (Lipinski definition) is 6. The maximum Gasteiger partial charge on any atom is 0.311 e. The largest absolute Gasteiger partial charge is 0.455 e. The fourth-order valence-electron chi connectivity index (χ4n) is 2.80. The van der Waals surface area contributed by atoms with Crippen LogP contribution in [0.25, 0.3) is 0 Å². The average Bonchev–Trinajstić information content (AvgIpc) is 3.10. The van der Waals surface area contributed by atoms with E-state index in [9.17, 15) is 14.4 Å². The molecular weight excluding hydrogens is 402 g/mol. The van der Waals surface area contributed by atoms with Gasteiger partial charge in [-0.15, -0.1) is 11.8 Å². The van der Waals surface area contributed by atoms with Gasteiger partial charge < -0.3 is 15.0 Å². The molecule has 1 unspecified atom stereocenters. The lowest BCUT2D eigenvalue weighted by molar-refractivity contribution is -0.151. The van der Waals surface area contributed by atoms with Crippen molar-refractivity contribution in [2.24, 2.45) is 5.92 Å². The van der Waals surface area contributed by atoms with Gasteiger partial charge >= 0.3 is 5.97 Å². The number of ether oxygens (including phenoxy) is 1. The number of benzene rings is 1. The molecule has 3 rings (SSSR count). The smallest absolute Gasteiger partial charge is 0.311 e. The van der Waals surface area contributed by atoms with Gasteiger partial charge in [-0.05, 0) is 42.7 Å². The van der Waals surface area contributed by atoms with Crippen LogP contribution in [0.1, 0.15) is 6.42 Å². The Morgan fingerprint density at radius 2 is 2.07 bits per heavy atom. The van der Waals surface area contributed by atoms with Gasteiger partial charge in [0.15, 0.2) is 11.8 Å². The summed E-state index contributed by atoms with van der Waals surface area (Å²) < 4.78 is 5.07. The number of carbonyl (C=O) groups is 3. The van der Waals surface area contributed by atoms with Crippen molar-refractivity contribution in [1.29, 1.82) is 0 Å². The Morgan fingerprint density at radius 3 is 2.75 bits per heavy atom. The van der Waals surface area contributed by atoms with Crippen molar-refractivity contribution >= 4 is 52.5 Å². The Labute approximate surface area is 171 Å². The Balaban J connectivity index is 1.52. The zero-order valence-electron chi connectivity index (χ0n) is 15.1. The Bertz CT molecular complexity index is 891. The minimum Gasteiger partial charge on any atom is -0.455 e. The summed E-state index contributed by atoms with van der Waals surface area (Å²) in [6.07, 6.45) is 3.52. The Kier molecular flexibility index (Phi) is 6.53. The normalized spacial score (nSPS) is 16.1. The Hall–Kier alpha value is -2.58. The molecule has 1 atom stereocenters. The molecule has 2 aromatic rings. The van der Waals surface area contributed by atoms with Crippen LogP contribution in [0.5, 0.6) is 0 Å². The van der Waals surface area contributed by atoms with E-state index in [1.54, 1.807) is 28.8 Å². The summed E-state index contributed by atoms with van der Waals surface area (Å²) in [6.45, 7) is -0.233. The van der Waals surface area contributed by atoms with Gasteiger partial charge in [0.05, 0.1) is 11.6 Å². The van der Waals surface area contributed by atoms with Crippen molar-refractivity contribution in [1.82, 2.24) is 4.98 Å². The number of nitrogens with one attached hydrogen (secondary N) is 1. The summed E-state index contributed by atoms with van der Waals surface area (Å²) in [5, 5.41) is 2.67. The molecule has 1 saturated heterocycles. The minimum absolute atomic E-state index is 0.0547. The summed E-state index contributed by atoms with van der Waals surface area (Å²) >= 11 is 7.48. The quantitative estimate of drug-likeness (QED) is 0.440. The third-order valence-corrected chi connectivity index (χ3v) is 5.27. The van der Waals surface area contributed by atoms with Gasteiger partial charge in [-0.1, -0.05) is 11.6 Å². The second kappa shape index (κ2) is 9.07. The number of nitrogens with zero attached hydrogens (tertiary/aromatic N) is 2. The second-order valence-electron chi connectivity index (χ2n) is 6.10. The number of carbonyl (C=O) groups excluding carboxylic acids is 3. The molecule has 28 heavy (non-hydrogen) atoms. The van der Waals surface area contributed by atoms with Gasteiger partial charge in [-0.2, -0.15) is 0 Å². The molecule has 1 aliphatic rings. The molecule has 1 aliphatic heterocycles. The van der Waals surface area contributed by atoms with E-state index in [1.807, 2.05) is 30.5 Å². The van der Waals surface area contributed by atoms with Crippen LogP contribution in [0.2, 0.25) is 5.15 Å². The van der Waals surface area contributed by atoms with E-state index in [2.05, 4.69) is 10.3 Å². The molecule has 7 nitrogen and oxygen atoms in total. The molecular formula is C19H18ClN3O4S. The molecule has 2 amide bonds. The molecule has 1 aromatic carbocycles. The molecule has 1 fully saturated rings. The van der Waals surface area contributed by atoms with Crippen molar-refractivity contribution in [3.05, 3.63) is 47.7 Å². The second-order valence-corrected chi connectivity index (χ2v) is 7.34. The molecule has 0 radical (unpaired) electrons. The number of pyridine rings is 1. The summed E-state index contributed by atoms with van der Waals surface area (Å²) in [7, 11) is 0.